The molecule has 2 aromatic rings. The summed E-state index contributed by atoms with van der Waals surface area (Å²) in [5.74, 6) is 0.644. The summed E-state index contributed by atoms with van der Waals surface area (Å²) in [5, 5.41) is 0. The van der Waals surface area contributed by atoms with Crippen LogP contribution in [-0.4, -0.2) is 9.55 Å². The molecule has 15 heavy (non-hydrogen) atoms. The maximum Gasteiger partial charge on any atom is 0.125 e. The van der Waals surface area contributed by atoms with Crippen LogP contribution in [0.5, 0.6) is 0 Å². The zero-order chi connectivity index (χ0) is 10.4. The highest BCUT2D eigenvalue weighted by atomic mass is 19.1. The molecule has 1 aromatic carbocycles. The predicted molar refractivity (Wildman–Crippen MR) is 55.9 cm³/mol. The first-order valence-corrected chi connectivity index (χ1v) is 5.16. The van der Waals surface area contributed by atoms with Crippen LogP contribution in [0.25, 0.3) is 11.0 Å². The molecule has 1 heterocycles. The molecular weight excluding hydrogens is 193 g/mol. The Labute approximate surface area is 86.7 Å². The highest BCUT2D eigenvalue weighted by Gasteiger charge is 2.27. The van der Waals surface area contributed by atoms with Crippen LogP contribution in [-0.2, 0) is 6.54 Å². The standard InChI is InChI=1S/C11H12FN3/c12-7-1-4-9-10(5-7)15(8-2-3-8)11(6-13)14-9/h1,4-5,8H,2-3,6,13H2. The summed E-state index contributed by atoms with van der Waals surface area (Å²) in [5.41, 5.74) is 7.35. The molecular formula is C11H12FN3. The van der Waals surface area contributed by atoms with Gasteiger partial charge in [0.2, 0.25) is 0 Å². The SMILES string of the molecule is NCc1nc2ccc(F)cc2n1C1CC1. The number of aromatic nitrogens is 2. The Bertz CT molecular complexity index is 514. The van der Waals surface area contributed by atoms with Crippen LogP contribution in [0.2, 0.25) is 0 Å². The lowest BCUT2D eigenvalue weighted by Gasteiger charge is -2.04. The summed E-state index contributed by atoms with van der Waals surface area (Å²) in [6.07, 6.45) is 2.30. The first-order valence-electron chi connectivity index (χ1n) is 5.16. The van der Waals surface area contributed by atoms with Gasteiger partial charge in [0.25, 0.3) is 0 Å². The van der Waals surface area contributed by atoms with Crippen molar-refractivity contribution in [1.82, 2.24) is 9.55 Å². The minimum Gasteiger partial charge on any atom is -0.324 e. The fourth-order valence-corrected chi connectivity index (χ4v) is 2.00. The Morgan fingerprint density at radius 2 is 2.27 bits per heavy atom. The summed E-state index contributed by atoms with van der Waals surface area (Å²) >= 11 is 0. The van der Waals surface area contributed by atoms with E-state index in [1.807, 2.05) is 0 Å². The molecule has 4 heteroatoms. The first kappa shape index (κ1) is 8.85. The predicted octanol–water partition coefficient (Wildman–Crippen LogP) is 1.97. The average Bonchev–Trinajstić information content (AvgIpc) is 2.99. The minimum atomic E-state index is -0.215. The summed E-state index contributed by atoms with van der Waals surface area (Å²) < 4.78 is 15.2. The molecule has 1 aromatic heterocycles. The molecule has 1 aliphatic carbocycles. The molecule has 2 N–H and O–H groups in total. The highest BCUT2D eigenvalue weighted by molar-refractivity contribution is 5.76. The van der Waals surface area contributed by atoms with Crippen molar-refractivity contribution >= 4 is 11.0 Å². The number of benzene rings is 1. The van der Waals surface area contributed by atoms with Crippen molar-refractivity contribution in [1.29, 1.82) is 0 Å². The van der Waals surface area contributed by atoms with E-state index in [9.17, 15) is 4.39 Å². The van der Waals surface area contributed by atoms with Gasteiger partial charge in [-0.2, -0.15) is 0 Å². The lowest BCUT2D eigenvalue weighted by Crippen LogP contribution is -2.06. The van der Waals surface area contributed by atoms with Gasteiger partial charge < -0.3 is 10.3 Å². The van der Waals surface area contributed by atoms with Gasteiger partial charge in [0.15, 0.2) is 0 Å². The molecule has 78 valence electrons. The average molecular weight is 205 g/mol. The second kappa shape index (κ2) is 3.03. The Morgan fingerprint density at radius 1 is 1.47 bits per heavy atom. The van der Waals surface area contributed by atoms with Crippen LogP contribution < -0.4 is 5.73 Å². The third-order valence-corrected chi connectivity index (χ3v) is 2.82. The largest absolute Gasteiger partial charge is 0.324 e. The lowest BCUT2D eigenvalue weighted by molar-refractivity contribution is 0.627. The van der Waals surface area contributed by atoms with Crippen molar-refractivity contribution in [2.45, 2.75) is 25.4 Å². The number of halogens is 1. The molecule has 0 bridgehead atoms. The van der Waals surface area contributed by atoms with Gasteiger partial charge >= 0.3 is 0 Å². The summed E-state index contributed by atoms with van der Waals surface area (Å²) in [6, 6.07) is 5.17. The molecule has 0 amide bonds. The van der Waals surface area contributed by atoms with Crippen LogP contribution in [0, 0.1) is 5.82 Å². The monoisotopic (exact) mass is 205 g/mol. The van der Waals surface area contributed by atoms with Crippen LogP contribution in [0.4, 0.5) is 4.39 Å². The lowest BCUT2D eigenvalue weighted by atomic mass is 10.3. The van der Waals surface area contributed by atoms with Gasteiger partial charge in [-0.1, -0.05) is 0 Å². The van der Waals surface area contributed by atoms with E-state index >= 15 is 0 Å². The molecule has 0 radical (unpaired) electrons. The third-order valence-electron chi connectivity index (χ3n) is 2.82. The second-order valence-corrected chi connectivity index (χ2v) is 3.97. The summed E-state index contributed by atoms with van der Waals surface area (Å²) in [4.78, 5) is 4.40. The quantitative estimate of drug-likeness (QED) is 0.814. The van der Waals surface area contributed by atoms with Crippen LogP contribution in [0.15, 0.2) is 18.2 Å². The Morgan fingerprint density at radius 3 is 2.93 bits per heavy atom. The number of nitrogens with two attached hydrogens (primary N) is 1. The topological polar surface area (TPSA) is 43.8 Å². The Hall–Kier alpha value is -1.42. The fraction of sp³-hybridized carbons (Fsp3) is 0.364. The highest BCUT2D eigenvalue weighted by Crippen LogP contribution is 2.38. The van der Waals surface area contributed by atoms with E-state index in [0.717, 1.165) is 29.7 Å². The number of imidazole rings is 1. The smallest absolute Gasteiger partial charge is 0.125 e. The van der Waals surface area contributed by atoms with Crippen molar-refractivity contribution in [2.24, 2.45) is 5.73 Å². The molecule has 1 aliphatic rings. The zero-order valence-electron chi connectivity index (χ0n) is 8.28. The fourth-order valence-electron chi connectivity index (χ4n) is 2.00. The molecule has 0 spiro atoms. The Kier molecular flexibility index (Phi) is 1.79. The summed E-state index contributed by atoms with van der Waals surface area (Å²) in [6.45, 7) is 0.410. The number of hydrogen-bond acceptors (Lipinski definition) is 2. The number of hydrogen-bond donors (Lipinski definition) is 1. The summed E-state index contributed by atoms with van der Waals surface area (Å²) in [7, 11) is 0. The van der Waals surface area contributed by atoms with E-state index in [1.165, 1.54) is 6.07 Å². The number of nitrogens with zero attached hydrogens (tertiary/aromatic N) is 2. The number of fused-ring (bicyclic) bond motifs is 1. The van der Waals surface area contributed by atoms with E-state index < -0.39 is 0 Å². The van der Waals surface area contributed by atoms with E-state index in [0.29, 0.717) is 12.6 Å². The first-order chi connectivity index (χ1) is 7.29. The van der Waals surface area contributed by atoms with Crippen molar-refractivity contribution in [2.75, 3.05) is 0 Å². The molecule has 0 saturated heterocycles. The third kappa shape index (κ3) is 1.33. The van der Waals surface area contributed by atoms with Crippen molar-refractivity contribution in [3.63, 3.8) is 0 Å². The normalized spacial score (nSPS) is 16.1. The van der Waals surface area contributed by atoms with Crippen LogP contribution >= 0.6 is 0 Å². The van der Waals surface area contributed by atoms with Gasteiger partial charge in [-0.25, -0.2) is 9.37 Å². The van der Waals surface area contributed by atoms with E-state index in [2.05, 4.69) is 9.55 Å². The maximum absolute atomic E-state index is 13.1. The molecule has 1 fully saturated rings. The van der Waals surface area contributed by atoms with Gasteiger partial charge in [-0.3, -0.25) is 0 Å². The van der Waals surface area contributed by atoms with Gasteiger partial charge in [0.05, 0.1) is 17.6 Å². The zero-order valence-corrected chi connectivity index (χ0v) is 8.28. The van der Waals surface area contributed by atoms with Crippen LogP contribution in [0.1, 0.15) is 24.7 Å². The van der Waals surface area contributed by atoms with E-state index in [-0.39, 0.29) is 5.82 Å². The molecule has 3 nitrogen and oxygen atoms in total. The number of rotatable bonds is 2. The minimum absolute atomic E-state index is 0.215. The van der Waals surface area contributed by atoms with E-state index in [4.69, 9.17) is 5.73 Å². The maximum atomic E-state index is 13.1. The second-order valence-electron chi connectivity index (χ2n) is 3.97. The van der Waals surface area contributed by atoms with Gasteiger partial charge in [0, 0.05) is 6.04 Å². The Balaban J connectivity index is 2.30. The van der Waals surface area contributed by atoms with Gasteiger partial charge in [-0.05, 0) is 31.0 Å². The molecule has 0 unspecified atom stereocenters. The van der Waals surface area contributed by atoms with Gasteiger partial charge in [-0.15, -0.1) is 0 Å². The molecule has 0 aliphatic heterocycles. The van der Waals surface area contributed by atoms with Crippen molar-refractivity contribution < 1.29 is 4.39 Å². The van der Waals surface area contributed by atoms with Crippen molar-refractivity contribution in [3.8, 4) is 0 Å². The molecule has 1 saturated carbocycles. The van der Waals surface area contributed by atoms with Crippen LogP contribution in [0.3, 0.4) is 0 Å². The molecule has 3 rings (SSSR count). The van der Waals surface area contributed by atoms with Crippen molar-refractivity contribution in [3.05, 3.63) is 29.8 Å². The van der Waals surface area contributed by atoms with Gasteiger partial charge in [0.1, 0.15) is 11.6 Å². The van der Waals surface area contributed by atoms with E-state index in [1.54, 1.807) is 12.1 Å². The molecule has 0 atom stereocenters.